The van der Waals surface area contributed by atoms with Gasteiger partial charge in [-0.3, -0.25) is 4.79 Å². The van der Waals surface area contributed by atoms with Gasteiger partial charge in [0.25, 0.3) is 5.91 Å². The Labute approximate surface area is 118 Å². The van der Waals surface area contributed by atoms with E-state index in [1.54, 1.807) is 12.1 Å². The lowest BCUT2D eigenvalue weighted by Gasteiger charge is -2.09. The molecule has 2 rings (SSSR count). The molecule has 1 aliphatic rings. The summed E-state index contributed by atoms with van der Waals surface area (Å²) in [5.41, 5.74) is 0.775. The van der Waals surface area contributed by atoms with Crippen molar-refractivity contribution in [3.63, 3.8) is 0 Å². The first-order valence-electron chi connectivity index (χ1n) is 6.64. The van der Waals surface area contributed by atoms with Gasteiger partial charge in [-0.15, -0.1) is 0 Å². The van der Waals surface area contributed by atoms with Gasteiger partial charge in [0.15, 0.2) is 0 Å². The average Bonchev–Trinajstić information content (AvgIpc) is 2.93. The predicted molar refractivity (Wildman–Crippen MR) is 77.7 cm³/mol. The summed E-state index contributed by atoms with van der Waals surface area (Å²) in [6.07, 6.45) is 2.02. The lowest BCUT2D eigenvalue weighted by atomic mass is 10.2. The molecule has 0 spiro atoms. The minimum absolute atomic E-state index is 0.0839. The summed E-state index contributed by atoms with van der Waals surface area (Å²) in [5.74, 6) is 0.564. The lowest BCUT2D eigenvalue weighted by molar-refractivity contribution is 0.0946. The molecule has 0 aromatic carbocycles. The molecule has 1 aliphatic carbocycles. The Morgan fingerprint density at radius 2 is 2.21 bits per heavy atom. The second-order valence-corrected chi connectivity index (χ2v) is 6.10. The van der Waals surface area contributed by atoms with E-state index in [2.05, 4.69) is 36.4 Å². The summed E-state index contributed by atoms with van der Waals surface area (Å²) >= 11 is 5.95. The van der Waals surface area contributed by atoms with Crippen LogP contribution in [0.5, 0.6) is 0 Å². The van der Waals surface area contributed by atoms with Crippen LogP contribution < -0.4 is 10.6 Å². The Morgan fingerprint density at radius 1 is 1.53 bits per heavy atom. The first-order valence-corrected chi connectivity index (χ1v) is 7.02. The van der Waals surface area contributed by atoms with Crippen molar-refractivity contribution < 1.29 is 4.79 Å². The highest BCUT2D eigenvalue weighted by Gasteiger charge is 2.46. The molecule has 1 saturated carbocycles. The van der Waals surface area contributed by atoms with E-state index >= 15 is 0 Å². The largest absolute Gasteiger partial charge is 0.370 e. The van der Waals surface area contributed by atoms with Crippen LogP contribution in [0.3, 0.4) is 0 Å². The molecule has 4 nitrogen and oxygen atoms in total. The normalized spacial score (nSPS) is 19.9. The first kappa shape index (κ1) is 14.1. The number of carbonyl (C=O) groups is 1. The van der Waals surface area contributed by atoms with Crippen molar-refractivity contribution in [3.8, 4) is 0 Å². The molecule has 0 saturated heterocycles. The SMILES string of the molecule is CCCNc1cc(C(=O)NC2CC2(C)C)cc(Cl)n1. The van der Waals surface area contributed by atoms with Gasteiger partial charge >= 0.3 is 0 Å². The maximum absolute atomic E-state index is 12.1. The molecule has 1 amide bonds. The number of hydrogen-bond acceptors (Lipinski definition) is 3. The Morgan fingerprint density at radius 3 is 2.79 bits per heavy atom. The van der Waals surface area contributed by atoms with Crippen LogP contribution in [-0.4, -0.2) is 23.5 Å². The highest BCUT2D eigenvalue weighted by molar-refractivity contribution is 6.29. The summed E-state index contributed by atoms with van der Waals surface area (Å²) in [4.78, 5) is 16.3. The van der Waals surface area contributed by atoms with Crippen LogP contribution >= 0.6 is 11.6 Å². The monoisotopic (exact) mass is 281 g/mol. The lowest BCUT2D eigenvalue weighted by Crippen LogP contribution is -2.28. The fraction of sp³-hybridized carbons (Fsp3) is 0.571. The molecular formula is C14H20ClN3O. The Hall–Kier alpha value is -1.29. The third-order valence-corrected chi connectivity index (χ3v) is 3.62. The molecule has 19 heavy (non-hydrogen) atoms. The van der Waals surface area contributed by atoms with Gasteiger partial charge in [0, 0.05) is 18.2 Å². The van der Waals surface area contributed by atoms with Crippen LogP contribution in [-0.2, 0) is 0 Å². The summed E-state index contributed by atoms with van der Waals surface area (Å²) in [6.45, 7) is 7.17. The van der Waals surface area contributed by atoms with Gasteiger partial charge in [-0.25, -0.2) is 4.98 Å². The number of rotatable bonds is 5. The molecule has 104 valence electrons. The number of hydrogen-bond donors (Lipinski definition) is 2. The van der Waals surface area contributed by atoms with E-state index in [0.717, 1.165) is 19.4 Å². The molecule has 1 aromatic heterocycles. The van der Waals surface area contributed by atoms with E-state index in [4.69, 9.17) is 11.6 Å². The van der Waals surface area contributed by atoms with Crippen LogP contribution in [0.2, 0.25) is 5.15 Å². The Bertz CT molecular complexity index is 488. The summed E-state index contributed by atoms with van der Waals surface area (Å²) in [7, 11) is 0. The van der Waals surface area contributed by atoms with Gasteiger partial charge in [-0.2, -0.15) is 0 Å². The topological polar surface area (TPSA) is 54.0 Å². The van der Waals surface area contributed by atoms with Crippen LogP contribution in [0.25, 0.3) is 0 Å². The number of pyridine rings is 1. The minimum atomic E-state index is -0.0839. The molecule has 1 heterocycles. The summed E-state index contributed by atoms with van der Waals surface area (Å²) < 4.78 is 0. The second-order valence-electron chi connectivity index (χ2n) is 5.71. The van der Waals surface area contributed by atoms with Crippen molar-refractivity contribution >= 4 is 23.3 Å². The number of carbonyl (C=O) groups excluding carboxylic acids is 1. The van der Waals surface area contributed by atoms with E-state index in [1.807, 2.05) is 0 Å². The molecule has 0 bridgehead atoms. The maximum atomic E-state index is 12.1. The maximum Gasteiger partial charge on any atom is 0.251 e. The number of nitrogens with one attached hydrogen (secondary N) is 2. The van der Waals surface area contributed by atoms with Crippen LogP contribution in [0.15, 0.2) is 12.1 Å². The van der Waals surface area contributed by atoms with Crippen molar-refractivity contribution in [2.24, 2.45) is 5.41 Å². The van der Waals surface area contributed by atoms with Gasteiger partial charge in [0.1, 0.15) is 11.0 Å². The van der Waals surface area contributed by atoms with E-state index in [0.29, 0.717) is 16.5 Å². The van der Waals surface area contributed by atoms with E-state index < -0.39 is 0 Å². The highest BCUT2D eigenvalue weighted by atomic mass is 35.5. The number of halogens is 1. The molecule has 1 aromatic rings. The van der Waals surface area contributed by atoms with Gasteiger partial charge in [0.2, 0.25) is 0 Å². The predicted octanol–water partition coefficient (Wildman–Crippen LogP) is 3.09. The number of anilines is 1. The summed E-state index contributed by atoms with van der Waals surface area (Å²) in [6, 6.07) is 3.61. The van der Waals surface area contributed by atoms with Gasteiger partial charge in [-0.1, -0.05) is 32.4 Å². The molecule has 1 atom stereocenters. The van der Waals surface area contributed by atoms with Gasteiger partial charge in [-0.05, 0) is 30.4 Å². The van der Waals surface area contributed by atoms with E-state index in [-0.39, 0.29) is 17.4 Å². The zero-order valence-electron chi connectivity index (χ0n) is 11.6. The zero-order chi connectivity index (χ0) is 14.0. The van der Waals surface area contributed by atoms with Crippen molar-refractivity contribution in [2.75, 3.05) is 11.9 Å². The Balaban J connectivity index is 2.06. The number of amides is 1. The molecule has 0 radical (unpaired) electrons. The average molecular weight is 282 g/mol. The van der Waals surface area contributed by atoms with Crippen molar-refractivity contribution in [1.29, 1.82) is 0 Å². The summed E-state index contributed by atoms with van der Waals surface area (Å²) in [5, 5.41) is 6.49. The van der Waals surface area contributed by atoms with Gasteiger partial charge < -0.3 is 10.6 Å². The number of aromatic nitrogens is 1. The first-order chi connectivity index (χ1) is 8.92. The van der Waals surface area contributed by atoms with Crippen LogP contribution in [0.1, 0.15) is 44.0 Å². The minimum Gasteiger partial charge on any atom is -0.370 e. The number of nitrogens with zero attached hydrogens (tertiary/aromatic N) is 1. The third-order valence-electron chi connectivity index (χ3n) is 3.43. The second kappa shape index (κ2) is 5.37. The molecule has 1 unspecified atom stereocenters. The fourth-order valence-corrected chi connectivity index (χ4v) is 2.14. The van der Waals surface area contributed by atoms with Crippen molar-refractivity contribution in [1.82, 2.24) is 10.3 Å². The van der Waals surface area contributed by atoms with Gasteiger partial charge in [0.05, 0.1) is 0 Å². The molecule has 2 N–H and O–H groups in total. The molecule has 5 heteroatoms. The van der Waals surface area contributed by atoms with Crippen LogP contribution in [0.4, 0.5) is 5.82 Å². The van der Waals surface area contributed by atoms with E-state index in [1.165, 1.54) is 0 Å². The highest BCUT2D eigenvalue weighted by Crippen LogP contribution is 2.44. The zero-order valence-corrected chi connectivity index (χ0v) is 12.3. The molecule has 1 fully saturated rings. The molecule has 0 aliphatic heterocycles. The van der Waals surface area contributed by atoms with Crippen molar-refractivity contribution in [2.45, 2.75) is 39.7 Å². The fourth-order valence-electron chi connectivity index (χ4n) is 1.93. The Kier molecular flexibility index (Phi) is 3.99. The van der Waals surface area contributed by atoms with E-state index in [9.17, 15) is 4.79 Å². The third kappa shape index (κ3) is 3.60. The smallest absolute Gasteiger partial charge is 0.251 e. The van der Waals surface area contributed by atoms with Crippen LogP contribution in [0, 0.1) is 5.41 Å². The molecular weight excluding hydrogens is 262 g/mol. The van der Waals surface area contributed by atoms with Crippen molar-refractivity contribution in [3.05, 3.63) is 22.8 Å². The quantitative estimate of drug-likeness (QED) is 0.816. The standard InChI is InChI=1S/C14H20ClN3O/c1-4-5-16-12-7-9(6-11(15)18-12)13(19)17-10-8-14(10,2)3/h6-7,10H,4-5,8H2,1-3H3,(H,16,18)(H,17,19).